The molecule has 3 rings (SSSR count). The molecule has 3 nitrogen and oxygen atoms in total. The maximum Gasteiger partial charge on any atom is 0.320 e. The average molecular weight is 237 g/mol. The minimum atomic E-state index is -0.588. The van der Waals surface area contributed by atoms with Crippen molar-refractivity contribution in [1.29, 1.82) is 0 Å². The van der Waals surface area contributed by atoms with Gasteiger partial charge in [0.25, 0.3) is 0 Å². The molecule has 0 bridgehead atoms. The SMILES string of the molecule is O=C(O)C1CCC2CCCCC2N1CC1CC1. The van der Waals surface area contributed by atoms with Crippen LogP contribution >= 0.6 is 0 Å². The Balaban J connectivity index is 1.75. The molecule has 3 heteroatoms. The van der Waals surface area contributed by atoms with Crippen LogP contribution in [-0.2, 0) is 4.79 Å². The second kappa shape index (κ2) is 4.60. The number of rotatable bonds is 3. The van der Waals surface area contributed by atoms with E-state index in [1.165, 1.54) is 38.5 Å². The van der Waals surface area contributed by atoms with Crippen molar-refractivity contribution in [1.82, 2.24) is 4.90 Å². The molecule has 1 aliphatic heterocycles. The standard InChI is InChI=1S/C14H23NO2/c16-14(17)13-8-7-11-3-1-2-4-12(11)15(13)9-10-5-6-10/h10-13H,1-9H2,(H,16,17). The normalized spacial score (nSPS) is 38.7. The predicted molar refractivity (Wildman–Crippen MR) is 65.8 cm³/mol. The van der Waals surface area contributed by atoms with E-state index in [4.69, 9.17) is 0 Å². The number of carboxylic acids is 1. The highest BCUT2D eigenvalue weighted by molar-refractivity contribution is 5.73. The van der Waals surface area contributed by atoms with Crippen LogP contribution in [0, 0.1) is 11.8 Å². The molecule has 3 unspecified atom stereocenters. The molecule has 0 amide bonds. The topological polar surface area (TPSA) is 40.5 Å². The molecular weight excluding hydrogens is 214 g/mol. The van der Waals surface area contributed by atoms with Crippen LogP contribution in [0.25, 0.3) is 0 Å². The van der Waals surface area contributed by atoms with Crippen molar-refractivity contribution in [2.75, 3.05) is 6.54 Å². The zero-order chi connectivity index (χ0) is 11.8. The molecule has 0 aromatic carbocycles. The van der Waals surface area contributed by atoms with Crippen molar-refractivity contribution in [3.63, 3.8) is 0 Å². The Bertz CT molecular complexity index is 301. The van der Waals surface area contributed by atoms with Crippen LogP contribution in [0.2, 0.25) is 0 Å². The summed E-state index contributed by atoms with van der Waals surface area (Å²) in [7, 11) is 0. The van der Waals surface area contributed by atoms with Crippen LogP contribution in [0.3, 0.4) is 0 Å². The molecular formula is C14H23NO2. The van der Waals surface area contributed by atoms with Crippen molar-refractivity contribution >= 4 is 5.97 Å². The van der Waals surface area contributed by atoms with Crippen LogP contribution in [0.4, 0.5) is 0 Å². The predicted octanol–water partition coefficient (Wildman–Crippen LogP) is 2.50. The van der Waals surface area contributed by atoms with Gasteiger partial charge in [-0.2, -0.15) is 0 Å². The number of likely N-dealkylation sites (tertiary alicyclic amines) is 1. The van der Waals surface area contributed by atoms with Gasteiger partial charge in [-0.05, 0) is 50.4 Å². The second-order valence-corrected chi connectivity index (χ2v) is 6.18. The largest absolute Gasteiger partial charge is 0.480 e. The fourth-order valence-electron chi connectivity index (χ4n) is 3.86. The number of piperidine rings is 1. The summed E-state index contributed by atoms with van der Waals surface area (Å²) in [5.41, 5.74) is 0. The van der Waals surface area contributed by atoms with Gasteiger partial charge in [0.2, 0.25) is 0 Å². The number of hydrogen-bond acceptors (Lipinski definition) is 2. The highest BCUT2D eigenvalue weighted by Gasteiger charge is 2.42. The van der Waals surface area contributed by atoms with Gasteiger partial charge in [0.1, 0.15) is 6.04 Å². The first-order valence-electron chi connectivity index (χ1n) is 7.24. The Kier molecular flexibility index (Phi) is 3.12. The molecule has 0 spiro atoms. The Hall–Kier alpha value is -0.570. The minimum absolute atomic E-state index is 0.185. The average Bonchev–Trinajstić information content (AvgIpc) is 3.13. The molecule has 1 saturated heterocycles. The zero-order valence-corrected chi connectivity index (χ0v) is 10.5. The van der Waals surface area contributed by atoms with Gasteiger partial charge < -0.3 is 5.11 Å². The lowest BCUT2D eigenvalue weighted by Crippen LogP contribution is -2.55. The third kappa shape index (κ3) is 2.35. The quantitative estimate of drug-likeness (QED) is 0.820. The number of carbonyl (C=O) groups is 1. The van der Waals surface area contributed by atoms with Crippen molar-refractivity contribution in [2.45, 2.75) is 63.5 Å². The van der Waals surface area contributed by atoms with Crippen molar-refractivity contribution in [3.05, 3.63) is 0 Å². The molecule has 0 radical (unpaired) electrons. The first-order valence-corrected chi connectivity index (χ1v) is 7.24. The summed E-state index contributed by atoms with van der Waals surface area (Å²) in [6.07, 6.45) is 9.89. The van der Waals surface area contributed by atoms with Crippen LogP contribution in [0.5, 0.6) is 0 Å². The monoisotopic (exact) mass is 237 g/mol. The molecule has 2 saturated carbocycles. The van der Waals surface area contributed by atoms with E-state index < -0.39 is 5.97 Å². The summed E-state index contributed by atoms with van der Waals surface area (Å²) in [6.45, 7) is 1.05. The van der Waals surface area contributed by atoms with Crippen LogP contribution < -0.4 is 0 Å². The van der Waals surface area contributed by atoms with Gasteiger partial charge in [-0.25, -0.2) is 0 Å². The lowest BCUT2D eigenvalue weighted by molar-refractivity contribution is -0.148. The number of nitrogens with zero attached hydrogens (tertiary/aromatic N) is 1. The molecule has 3 fully saturated rings. The highest BCUT2D eigenvalue weighted by atomic mass is 16.4. The smallest absolute Gasteiger partial charge is 0.320 e. The van der Waals surface area contributed by atoms with Crippen LogP contribution in [-0.4, -0.2) is 34.6 Å². The number of fused-ring (bicyclic) bond motifs is 1. The first-order chi connectivity index (χ1) is 8.25. The van der Waals surface area contributed by atoms with E-state index >= 15 is 0 Å². The maximum atomic E-state index is 11.4. The summed E-state index contributed by atoms with van der Waals surface area (Å²) in [5.74, 6) is 1.00. The van der Waals surface area contributed by atoms with Gasteiger partial charge in [-0.3, -0.25) is 9.69 Å². The summed E-state index contributed by atoms with van der Waals surface area (Å²) in [5, 5.41) is 9.39. The molecule has 96 valence electrons. The summed E-state index contributed by atoms with van der Waals surface area (Å²) in [4.78, 5) is 13.8. The van der Waals surface area contributed by atoms with E-state index in [1.54, 1.807) is 0 Å². The Morgan fingerprint density at radius 3 is 2.53 bits per heavy atom. The molecule has 1 N–H and O–H groups in total. The van der Waals surface area contributed by atoms with Gasteiger partial charge in [-0.15, -0.1) is 0 Å². The maximum absolute atomic E-state index is 11.4. The minimum Gasteiger partial charge on any atom is -0.480 e. The fraction of sp³-hybridized carbons (Fsp3) is 0.929. The Labute approximate surface area is 103 Å². The van der Waals surface area contributed by atoms with Gasteiger partial charge in [0, 0.05) is 12.6 Å². The zero-order valence-electron chi connectivity index (χ0n) is 10.5. The number of hydrogen-bond donors (Lipinski definition) is 1. The fourth-order valence-corrected chi connectivity index (χ4v) is 3.86. The van der Waals surface area contributed by atoms with Crippen molar-refractivity contribution < 1.29 is 9.90 Å². The lowest BCUT2D eigenvalue weighted by atomic mass is 9.76. The molecule has 2 aliphatic carbocycles. The summed E-state index contributed by atoms with van der Waals surface area (Å²) >= 11 is 0. The van der Waals surface area contributed by atoms with E-state index in [1.807, 2.05) is 0 Å². The first kappa shape index (κ1) is 11.5. The van der Waals surface area contributed by atoms with Crippen LogP contribution in [0.1, 0.15) is 51.4 Å². The molecule has 0 aromatic heterocycles. The van der Waals surface area contributed by atoms with E-state index in [9.17, 15) is 9.90 Å². The summed E-state index contributed by atoms with van der Waals surface area (Å²) in [6, 6.07) is 0.397. The molecule has 1 heterocycles. The van der Waals surface area contributed by atoms with E-state index in [2.05, 4.69) is 4.90 Å². The third-order valence-corrected chi connectivity index (χ3v) is 4.96. The lowest BCUT2D eigenvalue weighted by Gasteiger charge is -2.47. The number of carboxylic acid groups (broad SMARTS) is 1. The van der Waals surface area contributed by atoms with Crippen molar-refractivity contribution in [3.8, 4) is 0 Å². The highest BCUT2D eigenvalue weighted by Crippen LogP contribution is 2.40. The Morgan fingerprint density at radius 2 is 1.82 bits per heavy atom. The van der Waals surface area contributed by atoms with E-state index in [0.717, 1.165) is 31.2 Å². The molecule has 17 heavy (non-hydrogen) atoms. The summed E-state index contributed by atoms with van der Waals surface area (Å²) < 4.78 is 0. The second-order valence-electron chi connectivity index (χ2n) is 6.18. The van der Waals surface area contributed by atoms with Crippen molar-refractivity contribution in [2.24, 2.45) is 11.8 Å². The third-order valence-electron chi connectivity index (χ3n) is 4.96. The van der Waals surface area contributed by atoms with E-state index in [0.29, 0.717) is 6.04 Å². The number of aliphatic carboxylic acids is 1. The van der Waals surface area contributed by atoms with E-state index in [-0.39, 0.29) is 6.04 Å². The van der Waals surface area contributed by atoms with Gasteiger partial charge in [0.15, 0.2) is 0 Å². The van der Waals surface area contributed by atoms with Crippen LogP contribution in [0.15, 0.2) is 0 Å². The molecule has 0 aromatic rings. The molecule has 3 atom stereocenters. The Morgan fingerprint density at radius 1 is 1.06 bits per heavy atom. The van der Waals surface area contributed by atoms with Gasteiger partial charge in [0.05, 0.1) is 0 Å². The van der Waals surface area contributed by atoms with Gasteiger partial charge >= 0.3 is 5.97 Å². The van der Waals surface area contributed by atoms with Gasteiger partial charge in [-0.1, -0.05) is 12.8 Å². The molecule has 3 aliphatic rings.